The molecule has 0 radical (unpaired) electrons. The molecule has 3 aromatic carbocycles. The number of ether oxygens (including phenoxy) is 1. The Hall–Kier alpha value is -4.45. The predicted molar refractivity (Wildman–Crippen MR) is 173 cm³/mol. The summed E-state index contributed by atoms with van der Waals surface area (Å²) in [6.07, 6.45) is 5.86. The van der Waals surface area contributed by atoms with Gasteiger partial charge in [0.15, 0.2) is 11.6 Å². The van der Waals surface area contributed by atoms with Gasteiger partial charge in [-0.3, -0.25) is 9.48 Å². The number of nitrogens with zero attached hydrogens (tertiary/aromatic N) is 3. The molecule has 7 rings (SSSR count). The number of carbonyl (C=O) groups is 1. The Balaban J connectivity index is 1.30. The van der Waals surface area contributed by atoms with Crippen LogP contribution in [0.1, 0.15) is 72.8 Å². The van der Waals surface area contributed by atoms with Crippen molar-refractivity contribution in [3.8, 4) is 17.0 Å². The average Bonchev–Trinajstić information content (AvgIpc) is 4.01. The standard InChI is InChI=1S/C36H32ClF3N4O4/c1-35(2,46)25-16-28(42-33(31(25)40)24-12-13-26(38)29(37)30(24)39)36(47,21-6-4-3-5-7-21)18-41-34(45)19-14-20-17-44(22-8-9-22)43-32(20)27(15-19)48-23-10-11-23/h3-7,12-17,22-23,46-47H,8-11,18H2,1-2H3,(H,41,45)/t36-/m1/s1. The first-order valence-corrected chi connectivity index (χ1v) is 16.0. The van der Waals surface area contributed by atoms with Crippen molar-refractivity contribution in [3.05, 3.63) is 112 Å². The van der Waals surface area contributed by atoms with Gasteiger partial charge in [0.1, 0.15) is 33.4 Å². The van der Waals surface area contributed by atoms with Crippen LogP contribution in [-0.4, -0.2) is 43.5 Å². The lowest BCUT2D eigenvalue weighted by atomic mass is 9.86. The molecule has 0 aliphatic heterocycles. The molecular weight excluding hydrogens is 645 g/mol. The van der Waals surface area contributed by atoms with E-state index in [4.69, 9.17) is 21.4 Å². The number of pyridine rings is 1. The molecule has 3 N–H and O–H groups in total. The topological polar surface area (TPSA) is 110 Å². The van der Waals surface area contributed by atoms with Gasteiger partial charge in [-0.15, -0.1) is 0 Å². The van der Waals surface area contributed by atoms with Crippen molar-refractivity contribution in [3.63, 3.8) is 0 Å². The zero-order valence-electron chi connectivity index (χ0n) is 26.1. The molecule has 0 unspecified atom stereocenters. The van der Waals surface area contributed by atoms with Crippen LogP contribution in [0.2, 0.25) is 5.02 Å². The van der Waals surface area contributed by atoms with Crippen LogP contribution >= 0.6 is 11.6 Å². The predicted octanol–water partition coefficient (Wildman–Crippen LogP) is 6.94. The molecule has 5 aromatic rings. The van der Waals surface area contributed by atoms with Crippen LogP contribution in [-0.2, 0) is 11.2 Å². The molecule has 0 saturated heterocycles. The molecule has 2 fully saturated rings. The van der Waals surface area contributed by atoms with Crippen molar-refractivity contribution < 1.29 is 32.9 Å². The Morgan fingerprint density at radius 1 is 1.02 bits per heavy atom. The van der Waals surface area contributed by atoms with E-state index in [-0.39, 0.29) is 28.5 Å². The second-order valence-corrected chi connectivity index (χ2v) is 13.4. The number of carbonyl (C=O) groups excluding carboxylic acids is 1. The molecule has 0 bridgehead atoms. The van der Waals surface area contributed by atoms with E-state index in [1.54, 1.807) is 42.5 Å². The van der Waals surface area contributed by atoms with Gasteiger partial charge < -0.3 is 20.3 Å². The molecule has 2 aliphatic carbocycles. The minimum Gasteiger partial charge on any atom is -0.488 e. The molecule has 248 valence electrons. The van der Waals surface area contributed by atoms with Gasteiger partial charge >= 0.3 is 0 Å². The fourth-order valence-electron chi connectivity index (χ4n) is 5.67. The quantitative estimate of drug-likeness (QED) is 0.138. The van der Waals surface area contributed by atoms with Crippen molar-refractivity contribution in [1.29, 1.82) is 0 Å². The minimum absolute atomic E-state index is 0.0605. The molecule has 48 heavy (non-hydrogen) atoms. The number of hydrogen-bond donors (Lipinski definition) is 3. The maximum absolute atomic E-state index is 16.0. The summed E-state index contributed by atoms with van der Waals surface area (Å²) in [5.41, 5.74) is -4.33. The van der Waals surface area contributed by atoms with Gasteiger partial charge in [0.05, 0.1) is 30.0 Å². The number of aromatic nitrogens is 3. The molecule has 1 amide bonds. The van der Waals surface area contributed by atoms with Crippen LogP contribution in [0.4, 0.5) is 13.2 Å². The molecule has 8 nitrogen and oxygen atoms in total. The fourth-order valence-corrected chi connectivity index (χ4v) is 5.84. The van der Waals surface area contributed by atoms with Crippen LogP contribution < -0.4 is 10.1 Å². The first-order valence-electron chi connectivity index (χ1n) is 15.7. The van der Waals surface area contributed by atoms with Crippen molar-refractivity contribution >= 4 is 28.4 Å². The van der Waals surface area contributed by atoms with Crippen LogP contribution in [0.5, 0.6) is 5.75 Å². The number of nitrogens with one attached hydrogen (secondary N) is 1. The van der Waals surface area contributed by atoms with E-state index in [1.807, 2.05) is 10.9 Å². The Bertz CT molecular complexity index is 2060. The fraction of sp³-hybridized carbons (Fsp3) is 0.306. The Kier molecular flexibility index (Phi) is 7.97. The maximum Gasteiger partial charge on any atom is 0.251 e. The zero-order chi connectivity index (χ0) is 34.0. The molecule has 0 spiro atoms. The largest absolute Gasteiger partial charge is 0.488 e. The highest BCUT2D eigenvalue weighted by Crippen LogP contribution is 2.40. The number of aliphatic hydroxyl groups is 2. The highest BCUT2D eigenvalue weighted by atomic mass is 35.5. The molecule has 2 aliphatic rings. The van der Waals surface area contributed by atoms with Gasteiger partial charge in [-0.2, -0.15) is 5.10 Å². The van der Waals surface area contributed by atoms with Crippen LogP contribution in [0.15, 0.2) is 66.9 Å². The van der Waals surface area contributed by atoms with E-state index in [2.05, 4.69) is 10.3 Å². The van der Waals surface area contributed by atoms with Gasteiger partial charge in [-0.05, 0) is 75.4 Å². The number of fused-ring (bicyclic) bond motifs is 1. The summed E-state index contributed by atoms with van der Waals surface area (Å²) < 4.78 is 53.3. The van der Waals surface area contributed by atoms with E-state index in [9.17, 15) is 19.4 Å². The number of rotatable bonds is 10. The maximum atomic E-state index is 16.0. The van der Waals surface area contributed by atoms with Crippen molar-refractivity contribution in [2.24, 2.45) is 0 Å². The average molecular weight is 677 g/mol. The highest BCUT2D eigenvalue weighted by molar-refractivity contribution is 6.31. The third kappa shape index (κ3) is 6.02. The van der Waals surface area contributed by atoms with Gasteiger partial charge in [-0.25, -0.2) is 18.2 Å². The second kappa shape index (κ2) is 11.9. The Morgan fingerprint density at radius 2 is 1.75 bits per heavy atom. The Morgan fingerprint density at radius 3 is 2.42 bits per heavy atom. The number of hydrogen-bond acceptors (Lipinski definition) is 6. The summed E-state index contributed by atoms with van der Waals surface area (Å²) in [5.74, 6) is -3.44. The lowest BCUT2D eigenvalue weighted by Gasteiger charge is -2.31. The molecular formula is C36H32ClF3N4O4. The molecule has 2 saturated carbocycles. The highest BCUT2D eigenvalue weighted by Gasteiger charge is 2.38. The van der Waals surface area contributed by atoms with E-state index < -0.39 is 57.4 Å². The van der Waals surface area contributed by atoms with Gasteiger partial charge in [0.25, 0.3) is 5.91 Å². The van der Waals surface area contributed by atoms with Gasteiger partial charge in [-0.1, -0.05) is 41.9 Å². The molecule has 2 heterocycles. The summed E-state index contributed by atoms with van der Waals surface area (Å²) in [4.78, 5) is 18.1. The number of halogens is 4. The van der Waals surface area contributed by atoms with E-state index in [1.165, 1.54) is 19.9 Å². The molecule has 2 aromatic heterocycles. The third-order valence-corrected chi connectivity index (χ3v) is 9.03. The van der Waals surface area contributed by atoms with Crippen LogP contribution in [0.3, 0.4) is 0 Å². The van der Waals surface area contributed by atoms with E-state index in [0.717, 1.165) is 43.2 Å². The lowest BCUT2D eigenvalue weighted by Crippen LogP contribution is -2.42. The summed E-state index contributed by atoms with van der Waals surface area (Å²) in [6, 6.07) is 14.9. The Labute approximate surface area is 279 Å². The van der Waals surface area contributed by atoms with E-state index >= 15 is 8.78 Å². The monoisotopic (exact) mass is 676 g/mol. The van der Waals surface area contributed by atoms with Crippen LogP contribution in [0.25, 0.3) is 22.2 Å². The van der Waals surface area contributed by atoms with Crippen molar-refractivity contribution in [1.82, 2.24) is 20.1 Å². The first kappa shape index (κ1) is 32.1. The van der Waals surface area contributed by atoms with E-state index in [0.29, 0.717) is 17.3 Å². The smallest absolute Gasteiger partial charge is 0.251 e. The molecule has 12 heteroatoms. The summed E-state index contributed by atoms with van der Waals surface area (Å²) >= 11 is 5.82. The normalized spacial score (nSPS) is 16.2. The molecule has 1 atom stereocenters. The first-order chi connectivity index (χ1) is 22.8. The van der Waals surface area contributed by atoms with Gasteiger partial charge in [0, 0.05) is 28.3 Å². The SMILES string of the molecule is CC(C)(O)c1cc([C@@](O)(CNC(=O)c2cc(OC3CC3)c3nn(C4CC4)cc3c2)c2ccccc2)nc(-c2ccc(F)c(Cl)c2F)c1F. The third-order valence-electron chi connectivity index (χ3n) is 8.68. The number of amides is 1. The van der Waals surface area contributed by atoms with Gasteiger partial charge in [0.2, 0.25) is 0 Å². The summed E-state index contributed by atoms with van der Waals surface area (Å²) in [7, 11) is 0. The van der Waals surface area contributed by atoms with Crippen molar-refractivity contribution in [2.75, 3.05) is 6.54 Å². The number of benzene rings is 3. The van der Waals surface area contributed by atoms with Crippen molar-refractivity contribution in [2.45, 2.75) is 62.9 Å². The lowest BCUT2D eigenvalue weighted by molar-refractivity contribution is 0.0625. The summed E-state index contributed by atoms with van der Waals surface area (Å²) in [6.45, 7) is 2.18. The van der Waals surface area contributed by atoms with Crippen LogP contribution in [0, 0.1) is 17.5 Å². The minimum atomic E-state index is -2.12. The summed E-state index contributed by atoms with van der Waals surface area (Å²) in [5, 5.41) is 30.7. The zero-order valence-corrected chi connectivity index (χ0v) is 26.9. The second-order valence-electron chi connectivity index (χ2n) is 13.0.